The van der Waals surface area contributed by atoms with E-state index < -0.39 is 0 Å². The number of halogens is 2. The maximum absolute atomic E-state index is 12.9. The third-order valence-electron chi connectivity index (χ3n) is 2.21. The molecular weight excluding hydrogens is 215 g/mol. The molecular formula is C12H14ClFO. The number of ketones is 1. The van der Waals surface area contributed by atoms with E-state index in [9.17, 15) is 9.18 Å². The predicted molar refractivity (Wildman–Crippen MR) is 59.6 cm³/mol. The Kier molecular flexibility index (Phi) is 4.76. The number of hydrogen-bond acceptors (Lipinski definition) is 1. The Morgan fingerprint density at radius 3 is 2.80 bits per heavy atom. The summed E-state index contributed by atoms with van der Waals surface area (Å²) in [6, 6.07) is 4.23. The highest BCUT2D eigenvalue weighted by Crippen LogP contribution is 2.18. The van der Waals surface area contributed by atoms with Crippen molar-refractivity contribution in [3.8, 4) is 0 Å². The second-order valence-corrected chi connectivity index (χ2v) is 3.93. The summed E-state index contributed by atoms with van der Waals surface area (Å²) >= 11 is 5.88. The maximum Gasteiger partial charge on any atom is 0.133 e. The van der Waals surface area contributed by atoms with Gasteiger partial charge in [-0.05, 0) is 36.6 Å². The average Bonchev–Trinajstić information content (AvgIpc) is 2.20. The van der Waals surface area contributed by atoms with Crippen molar-refractivity contribution in [2.45, 2.75) is 32.6 Å². The van der Waals surface area contributed by atoms with Gasteiger partial charge in [-0.15, -0.1) is 0 Å². The van der Waals surface area contributed by atoms with Crippen molar-refractivity contribution >= 4 is 17.4 Å². The second kappa shape index (κ2) is 5.86. The van der Waals surface area contributed by atoms with Crippen LogP contribution < -0.4 is 0 Å². The standard InChI is InChI=1S/C12H14ClFO/c1-2-3-11(15)6-4-9-8-10(14)5-7-12(9)13/h5,7-8H,2-4,6H2,1H3. The van der Waals surface area contributed by atoms with Gasteiger partial charge in [-0.25, -0.2) is 4.39 Å². The Balaban J connectivity index is 2.57. The highest BCUT2D eigenvalue weighted by molar-refractivity contribution is 6.31. The smallest absolute Gasteiger partial charge is 0.133 e. The fourth-order valence-corrected chi connectivity index (χ4v) is 1.62. The number of Topliss-reactive ketones (excluding diaryl/α,β-unsaturated/α-hetero) is 1. The van der Waals surface area contributed by atoms with Crippen molar-refractivity contribution in [3.05, 3.63) is 34.6 Å². The Hall–Kier alpha value is -0.890. The molecule has 1 aromatic carbocycles. The minimum atomic E-state index is -0.308. The van der Waals surface area contributed by atoms with E-state index in [1.807, 2.05) is 6.92 Å². The van der Waals surface area contributed by atoms with Crippen LogP contribution in [0.4, 0.5) is 4.39 Å². The summed E-state index contributed by atoms with van der Waals surface area (Å²) in [6.45, 7) is 1.97. The van der Waals surface area contributed by atoms with Crippen LogP contribution in [-0.2, 0) is 11.2 Å². The fourth-order valence-electron chi connectivity index (χ4n) is 1.41. The molecule has 0 bridgehead atoms. The van der Waals surface area contributed by atoms with Gasteiger partial charge in [0.25, 0.3) is 0 Å². The molecule has 0 atom stereocenters. The van der Waals surface area contributed by atoms with E-state index in [0.29, 0.717) is 29.8 Å². The van der Waals surface area contributed by atoms with Crippen LogP contribution >= 0.6 is 11.6 Å². The minimum Gasteiger partial charge on any atom is -0.300 e. The van der Waals surface area contributed by atoms with Crippen molar-refractivity contribution in [3.63, 3.8) is 0 Å². The average molecular weight is 229 g/mol. The zero-order valence-electron chi connectivity index (χ0n) is 8.72. The van der Waals surface area contributed by atoms with Gasteiger partial charge in [0, 0.05) is 17.9 Å². The van der Waals surface area contributed by atoms with Crippen LogP contribution in [0.2, 0.25) is 5.02 Å². The lowest BCUT2D eigenvalue weighted by Gasteiger charge is -2.03. The Bertz CT molecular complexity index is 349. The van der Waals surface area contributed by atoms with Crippen LogP contribution in [0, 0.1) is 5.82 Å². The predicted octanol–water partition coefficient (Wildman–Crippen LogP) is 3.78. The topological polar surface area (TPSA) is 17.1 Å². The van der Waals surface area contributed by atoms with Gasteiger partial charge < -0.3 is 0 Å². The van der Waals surface area contributed by atoms with Gasteiger partial charge in [-0.2, -0.15) is 0 Å². The maximum atomic E-state index is 12.9. The van der Waals surface area contributed by atoms with E-state index in [1.54, 1.807) is 0 Å². The third-order valence-corrected chi connectivity index (χ3v) is 2.58. The zero-order valence-corrected chi connectivity index (χ0v) is 9.48. The molecule has 0 fully saturated rings. The number of hydrogen-bond donors (Lipinski definition) is 0. The van der Waals surface area contributed by atoms with Crippen LogP contribution in [0.5, 0.6) is 0 Å². The molecule has 0 aliphatic rings. The van der Waals surface area contributed by atoms with E-state index in [1.165, 1.54) is 18.2 Å². The molecule has 3 heteroatoms. The van der Waals surface area contributed by atoms with E-state index >= 15 is 0 Å². The molecule has 0 saturated heterocycles. The normalized spacial score (nSPS) is 10.3. The number of rotatable bonds is 5. The van der Waals surface area contributed by atoms with E-state index in [-0.39, 0.29) is 11.6 Å². The molecule has 0 saturated carbocycles. The molecule has 15 heavy (non-hydrogen) atoms. The lowest BCUT2D eigenvalue weighted by molar-refractivity contribution is -0.119. The minimum absolute atomic E-state index is 0.206. The van der Waals surface area contributed by atoms with Gasteiger partial charge in [0.05, 0.1) is 0 Å². The zero-order chi connectivity index (χ0) is 11.3. The molecule has 0 heterocycles. The van der Waals surface area contributed by atoms with Crippen molar-refractivity contribution in [2.24, 2.45) is 0 Å². The van der Waals surface area contributed by atoms with Gasteiger partial charge in [0.1, 0.15) is 11.6 Å². The van der Waals surface area contributed by atoms with Crippen molar-refractivity contribution in [2.75, 3.05) is 0 Å². The van der Waals surface area contributed by atoms with Crippen LogP contribution in [0.25, 0.3) is 0 Å². The molecule has 1 nitrogen and oxygen atoms in total. The van der Waals surface area contributed by atoms with Crippen molar-refractivity contribution in [1.29, 1.82) is 0 Å². The van der Waals surface area contributed by atoms with Gasteiger partial charge in [-0.3, -0.25) is 4.79 Å². The van der Waals surface area contributed by atoms with Gasteiger partial charge >= 0.3 is 0 Å². The summed E-state index contributed by atoms with van der Waals surface area (Å²) in [4.78, 5) is 11.3. The molecule has 1 aromatic rings. The van der Waals surface area contributed by atoms with Crippen LogP contribution in [0.1, 0.15) is 31.7 Å². The summed E-state index contributed by atoms with van der Waals surface area (Å²) in [5.41, 5.74) is 0.709. The largest absolute Gasteiger partial charge is 0.300 e. The number of aryl methyl sites for hydroxylation is 1. The quantitative estimate of drug-likeness (QED) is 0.750. The second-order valence-electron chi connectivity index (χ2n) is 3.52. The SMILES string of the molecule is CCCC(=O)CCc1cc(F)ccc1Cl. The first-order valence-electron chi connectivity index (χ1n) is 5.09. The van der Waals surface area contributed by atoms with Crippen molar-refractivity contribution < 1.29 is 9.18 Å². The summed E-state index contributed by atoms with van der Waals surface area (Å²) in [6.07, 6.45) is 2.41. The summed E-state index contributed by atoms with van der Waals surface area (Å²) < 4.78 is 12.9. The molecule has 0 aliphatic heterocycles. The Morgan fingerprint density at radius 2 is 2.13 bits per heavy atom. The third kappa shape index (κ3) is 4.00. The molecule has 0 aliphatic carbocycles. The molecule has 0 N–H and O–H groups in total. The highest BCUT2D eigenvalue weighted by atomic mass is 35.5. The van der Waals surface area contributed by atoms with Crippen LogP contribution in [0.3, 0.4) is 0 Å². The van der Waals surface area contributed by atoms with Gasteiger partial charge in [0.15, 0.2) is 0 Å². The Labute approximate surface area is 94.3 Å². The molecule has 0 aromatic heterocycles. The van der Waals surface area contributed by atoms with Crippen LogP contribution in [-0.4, -0.2) is 5.78 Å². The molecule has 0 radical (unpaired) electrons. The molecule has 0 unspecified atom stereocenters. The lowest BCUT2D eigenvalue weighted by Crippen LogP contribution is -2.00. The first-order valence-corrected chi connectivity index (χ1v) is 5.47. The number of benzene rings is 1. The molecule has 82 valence electrons. The first kappa shape index (κ1) is 12.2. The summed E-state index contributed by atoms with van der Waals surface area (Å²) in [7, 11) is 0. The number of carbonyl (C=O) groups excluding carboxylic acids is 1. The molecule has 1 rings (SSSR count). The van der Waals surface area contributed by atoms with E-state index in [4.69, 9.17) is 11.6 Å². The number of carbonyl (C=O) groups is 1. The lowest BCUT2D eigenvalue weighted by atomic mass is 10.1. The van der Waals surface area contributed by atoms with E-state index in [0.717, 1.165) is 6.42 Å². The molecule has 0 amide bonds. The van der Waals surface area contributed by atoms with Crippen LogP contribution in [0.15, 0.2) is 18.2 Å². The summed E-state index contributed by atoms with van der Waals surface area (Å²) in [5.74, 6) is -0.102. The molecule has 0 spiro atoms. The monoisotopic (exact) mass is 228 g/mol. The fraction of sp³-hybridized carbons (Fsp3) is 0.417. The van der Waals surface area contributed by atoms with E-state index in [2.05, 4.69) is 0 Å². The van der Waals surface area contributed by atoms with Crippen molar-refractivity contribution in [1.82, 2.24) is 0 Å². The Morgan fingerprint density at radius 1 is 1.40 bits per heavy atom. The summed E-state index contributed by atoms with van der Waals surface area (Å²) in [5, 5.41) is 0.528. The highest BCUT2D eigenvalue weighted by Gasteiger charge is 2.05. The van der Waals surface area contributed by atoms with Gasteiger partial charge in [-0.1, -0.05) is 18.5 Å². The van der Waals surface area contributed by atoms with Gasteiger partial charge in [0.2, 0.25) is 0 Å². The first-order chi connectivity index (χ1) is 7.13.